The van der Waals surface area contributed by atoms with Gasteiger partial charge in [-0.25, -0.2) is 4.79 Å². The molecule has 0 bridgehead atoms. The molecule has 6 heteroatoms. The molecule has 0 N–H and O–H groups in total. The maximum absolute atomic E-state index is 10.9. The molecule has 1 aromatic rings. The number of ether oxygens (including phenoxy) is 1. The molecule has 1 aromatic carbocycles. The molecule has 14 heavy (non-hydrogen) atoms. The number of halogens is 1. The smallest absolute Gasteiger partial charge is 0.337 e. The number of nitrogens with zero attached hydrogens (tertiary/aromatic N) is 1. The summed E-state index contributed by atoms with van der Waals surface area (Å²) in [6, 6.07) is 5.21. The highest BCUT2D eigenvalue weighted by atomic mass is 127. The Balaban J connectivity index is 0.00000169. The minimum atomic E-state index is -0.527. The number of nitro benzene ring substituents is 1. The van der Waals surface area contributed by atoms with Crippen LogP contribution in [0.1, 0.15) is 10.4 Å². The zero-order chi connectivity index (χ0) is 9.84. The number of nitro groups is 1. The number of rotatable bonds is 2. The Morgan fingerprint density at radius 1 is 1.36 bits per heavy atom. The van der Waals surface area contributed by atoms with E-state index in [2.05, 4.69) is 4.74 Å². The highest BCUT2D eigenvalue weighted by Gasteiger charge is 2.08. The molecular weight excluding hydrogens is 301 g/mol. The number of carbonyl (C=O) groups excluding carboxylic acids is 1. The van der Waals surface area contributed by atoms with E-state index in [1.165, 1.54) is 31.4 Å². The van der Waals surface area contributed by atoms with Crippen molar-refractivity contribution in [2.75, 3.05) is 7.11 Å². The highest BCUT2D eigenvalue weighted by molar-refractivity contribution is 14.0. The average molecular weight is 309 g/mol. The summed E-state index contributed by atoms with van der Waals surface area (Å²) in [7, 11) is 1.25. The van der Waals surface area contributed by atoms with Crippen LogP contribution in [0.3, 0.4) is 0 Å². The Hall–Kier alpha value is -1.18. The molecule has 5 nitrogen and oxygen atoms in total. The van der Waals surface area contributed by atoms with Crippen molar-refractivity contribution >= 4 is 35.6 Å². The van der Waals surface area contributed by atoms with E-state index in [0.717, 1.165) is 0 Å². The second-order valence-electron chi connectivity index (χ2n) is 2.30. The molecule has 0 aromatic heterocycles. The van der Waals surface area contributed by atoms with Crippen LogP contribution in [-0.4, -0.2) is 18.0 Å². The maximum atomic E-state index is 10.9. The van der Waals surface area contributed by atoms with Gasteiger partial charge in [-0.3, -0.25) is 10.1 Å². The molecule has 0 amide bonds. The SMILES string of the molecule is COC(=O)c1ccc([N+](=O)[O-])cc1.I. The first kappa shape index (κ1) is 12.8. The Morgan fingerprint density at radius 2 is 1.86 bits per heavy atom. The Labute approximate surface area is 97.2 Å². The largest absolute Gasteiger partial charge is 0.465 e. The van der Waals surface area contributed by atoms with Gasteiger partial charge in [-0.15, -0.1) is 24.0 Å². The lowest BCUT2D eigenvalue weighted by molar-refractivity contribution is -0.384. The molecule has 0 fully saturated rings. The van der Waals surface area contributed by atoms with Crippen molar-refractivity contribution in [1.29, 1.82) is 0 Å². The van der Waals surface area contributed by atoms with Gasteiger partial charge in [-0.05, 0) is 12.1 Å². The van der Waals surface area contributed by atoms with Gasteiger partial charge in [0.1, 0.15) is 0 Å². The van der Waals surface area contributed by atoms with Gasteiger partial charge in [0.05, 0.1) is 17.6 Å². The fourth-order valence-electron chi connectivity index (χ4n) is 0.837. The number of non-ortho nitro benzene ring substituents is 1. The Morgan fingerprint density at radius 3 is 2.21 bits per heavy atom. The third kappa shape index (κ3) is 2.95. The molecule has 0 heterocycles. The zero-order valence-corrected chi connectivity index (χ0v) is 9.63. The summed E-state index contributed by atoms with van der Waals surface area (Å²) >= 11 is 0. The van der Waals surface area contributed by atoms with Gasteiger partial charge >= 0.3 is 5.97 Å². The molecule has 0 radical (unpaired) electrons. The number of benzene rings is 1. The fraction of sp³-hybridized carbons (Fsp3) is 0.125. The molecule has 0 saturated heterocycles. The van der Waals surface area contributed by atoms with Crippen molar-refractivity contribution in [3.05, 3.63) is 39.9 Å². The summed E-state index contributed by atoms with van der Waals surface area (Å²) in [5, 5.41) is 10.2. The highest BCUT2D eigenvalue weighted by Crippen LogP contribution is 2.12. The van der Waals surface area contributed by atoms with E-state index in [0.29, 0.717) is 5.56 Å². The van der Waals surface area contributed by atoms with Gasteiger partial charge in [-0.2, -0.15) is 0 Å². The second kappa shape index (κ2) is 5.53. The number of carbonyl (C=O) groups is 1. The van der Waals surface area contributed by atoms with E-state index < -0.39 is 10.9 Å². The number of hydrogen-bond donors (Lipinski definition) is 0. The lowest BCUT2D eigenvalue weighted by Gasteiger charge is -1.97. The van der Waals surface area contributed by atoms with Gasteiger partial charge in [-0.1, -0.05) is 0 Å². The standard InChI is InChI=1S/C8H7NO4.HI/c1-13-8(10)6-2-4-7(5-3-6)9(11)12;/h2-5H,1H3;1H. The van der Waals surface area contributed by atoms with Crippen LogP contribution in [0, 0.1) is 10.1 Å². The second-order valence-corrected chi connectivity index (χ2v) is 2.30. The summed E-state index contributed by atoms with van der Waals surface area (Å²) in [5.74, 6) is -0.505. The quantitative estimate of drug-likeness (QED) is 0.363. The van der Waals surface area contributed by atoms with Crippen molar-refractivity contribution in [3.63, 3.8) is 0 Å². The van der Waals surface area contributed by atoms with Crippen LogP contribution < -0.4 is 0 Å². The fourth-order valence-corrected chi connectivity index (χ4v) is 0.837. The van der Waals surface area contributed by atoms with Gasteiger partial charge in [0.2, 0.25) is 0 Å². The number of esters is 1. The Kier molecular flexibility index (Phi) is 5.06. The van der Waals surface area contributed by atoms with Crippen LogP contribution in [0.4, 0.5) is 5.69 Å². The van der Waals surface area contributed by atoms with Crippen LogP contribution in [-0.2, 0) is 4.74 Å². The van der Waals surface area contributed by atoms with Crippen molar-refractivity contribution < 1.29 is 14.5 Å². The summed E-state index contributed by atoms with van der Waals surface area (Å²) in [6.45, 7) is 0. The van der Waals surface area contributed by atoms with Crippen LogP contribution in [0.2, 0.25) is 0 Å². The van der Waals surface area contributed by atoms with Crippen molar-refractivity contribution in [1.82, 2.24) is 0 Å². The molecule has 0 aliphatic heterocycles. The minimum Gasteiger partial charge on any atom is -0.465 e. The Bertz CT molecular complexity index is 336. The van der Waals surface area contributed by atoms with Gasteiger partial charge in [0.15, 0.2) is 0 Å². The van der Waals surface area contributed by atoms with E-state index in [9.17, 15) is 14.9 Å². The maximum Gasteiger partial charge on any atom is 0.337 e. The molecule has 0 saturated carbocycles. The van der Waals surface area contributed by atoms with E-state index in [4.69, 9.17) is 0 Å². The number of methoxy groups -OCH3 is 1. The summed E-state index contributed by atoms with van der Waals surface area (Å²) < 4.78 is 4.43. The van der Waals surface area contributed by atoms with Crippen LogP contribution in [0.15, 0.2) is 24.3 Å². The topological polar surface area (TPSA) is 69.4 Å². The molecule has 0 aliphatic rings. The van der Waals surface area contributed by atoms with Crippen LogP contribution in [0.25, 0.3) is 0 Å². The summed E-state index contributed by atoms with van der Waals surface area (Å²) in [6.07, 6.45) is 0. The van der Waals surface area contributed by atoms with Gasteiger partial charge in [0.25, 0.3) is 5.69 Å². The van der Waals surface area contributed by atoms with Crippen LogP contribution in [0.5, 0.6) is 0 Å². The zero-order valence-electron chi connectivity index (χ0n) is 7.30. The molecule has 0 atom stereocenters. The third-order valence-corrected chi connectivity index (χ3v) is 1.50. The van der Waals surface area contributed by atoms with Crippen molar-refractivity contribution in [2.45, 2.75) is 0 Å². The molecule has 0 spiro atoms. The van der Waals surface area contributed by atoms with Crippen molar-refractivity contribution in [3.8, 4) is 0 Å². The molecule has 76 valence electrons. The first-order chi connectivity index (χ1) is 6.15. The number of hydrogen-bond acceptors (Lipinski definition) is 4. The summed E-state index contributed by atoms with van der Waals surface area (Å²) in [4.78, 5) is 20.6. The monoisotopic (exact) mass is 309 g/mol. The van der Waals surface area contributed by atoms with E-state index in [-0.39, 0.29) is 29.7 Å². The predicted molar refractivity (Wildman–Crippen MR) is 59.9 cm³/mol. The summed E-state index contributed by atoms with van der Waals surface area (Å²) in [5.41, 5.74) is 0.251. The van der Waals surface area contributed by atoms with Gasteiger partial charge in [0, 0.05) is 12.1 Å². The lowest BCUT2D eigenvalue weighted by Crippen LogP contribution is -2.00. The molecule has 0 aliphatic carbocycles. The average Bonchev–Trinajstić information content (AvgIpc) is 2.17. The van der Waals surface area contributed by atoms with Gasteiger partial charge < -0.3 is 4.74 Å². The first-order valence-corrected chi connectivity index (χ1v) is 3.48. The third-order valence-electron chi connectivity index (χ3n) is 1.50. The predicted octanol–water partition coefficient (Wildman–Crippen LogP) is 2.00. The van der Waals surface area contributed by atoms with E-state index in [1.807, 2.05) is 0 Å². The minimum absolute atomic E-state index is 0. The first-order valence-electron chi connectivity index (χ1n) is 3.48. The molecular formula is C8H8INO4. The lowest BCUT2D eigenvalue weighted by atomic mass is 10.2. The van der Waals surface area contributed by atoms with E-state index in [1.54, 1.807) is 0 Å². The normalized spacial score (nSPS) is 8.64. The van der Waals surface area contributed by atoms with Crippen molar-refractivity contribution in [2.24, 2.45) is 0 Å². The van der Waals surface area contributed by atoms with E-state index >= 15 is 0 Å². The molecule has 1 rings (SSSR count). The van der Waals surface area contributed by atoms with Crippen LogP contribution >= 0.6 is 24.0 Å². The molecule has 0 unspecified atom stereocenters.